The topological polar surface area (TPSA) is 117 Å². The summed E-state index contributed by atoms with van der Waals surface area (Å²) in [4.78, 5) is 30.4. The van der Waals surface area contributed by atoms with Crippen LogP contribution in [0.5, 0.6) is 11.5 Å². The molecular weight excluding hydrogens is 679 g/mol. The molecule has 1 aliphatic carbocycles. The maximum atomic E-state index is 13.8. The first-order valence-electron chi connectivity index (χ1n) is 14.9. The molecule has 2 atom stereocenters. The largest absolute Gasteiger partial charge is 0.489 e. The number of hydrogen-bond acceptors (Lipinski definition) is 7. The lowest BCUT2D eigenvalue weighted by Crippen LogP contribution is -2.42. The number of hydrogen-bond donors (Lipinski definition) is 0. The molecule has 5 rings (SSSR count). The van der Waals surface area contributed by atoms with Gasteiger partial charge in [0.25, 0.3) is 5.91 Å². The van der Waals surface area contributed by atoms with Crippen LogP contribution in [0.1, 0.15) is 53.3 Å². The van der Waals surface area contributed by atoms with Crippen LogP contribution in [0.3, 0.4) is 0 Å². The zero-order valence-electron chi connectivity index (χ0n) is 25.6. The van der Waals surface area contributed by atoms with Gasteiger partial charge in [-0.3, -0.25) is 9.59 Å². The zero-order valence-corrected chi connectivity index (χ0v) is 28.0. The molecule has 2 fully saturated rings. The van der Waals surface area contributed by atoms with Crippen LogP contribution in [0, 0.1) is 5.92 Å². The summed E-state index contributed by atoms with van der Waals surface area (Å²) in [6.07, 6.45) is 4.43. The Hall–Kier alpha value is -3.52. The van der Waals surface area contributed by atoms with Crippen molar-refractivity contribution >= 4 is 45.1 Å². The Kier molecular flexibility index (Phi) is 10.9. The lowest BCUT2D eigenvalue weighted by Gasteiger charge is -2.26. The van der Waals surface area contributed by atoms with Gasteiger partial charge in [0.2, 0.25) is 10.0 Å². The van der Waals surface area contributed by atoms with Gasteiger partial charge in [0, 0.05) is 38.2 Å². The number of rotatable bonds is 13. The number of nitrogens with zero attached hydrogens (tertiary/aromatic N) is 2. The Balaban J connectivity index is 1.46. The second-order valence-electron chi connectivity index (χ2n) is 11.6. The Bertz CT molecular complexity index is 1720. The monoisotopic (exact) mass is 712 g/mol. The minimum atomic E-state index is -4.21. The molecule has 1 amide bonds. The minimum absolute atomic E-state index is 0.0244. The third kappa shape index (κ3) is 8.32. The number of nitrogens with one attached hydrogen (secondary N) is 1. The van der Waals surface area contributed by atoms with Gasteiger partial charge < -0.3 is 19.1 Å². The first-order valence-corrected chi connectivity index (χ1v) is 17.1. The normalized spacial score (nSPS) is 17.4. The Morgan fingerprint density at radius 3 is 2.43 bits per heavy atom. The fourth-order valence-electron chi connectivity index (χ4n) is 5.27. The van der Waals surface area contributed by atoms with Gasteiger partial charge >= 0.3 is 12.6 Å². The minimum Gasteiger partial charge on any atom is -0.489 e. The van der Waals surface area contributed by atoms with Crippen LogP contribution in [0.25, 0.3) is 0 Å². The van der Waals surface area contributed by atoms with Crippen molar-refractivity contribution < 1.29 is 46.0 Å². The van der Waals surface area contributed by atoms with E-state index in [-0.39, 0.29) is 57.3 Å². The summed E-state index contributed by atoms with van der Waals surface area (Å²) < 4.78 is 71.6. The van der Waals surface area contributed by atoms with Crippen LogP contribution in [0.15, 0.2) is 59.8 Å². The Labute approximate surface area is 281 Å². The number of halogens is 4. The van der Waals surface area contributed by atoms with E-state index in [1.54, 1.807) is 14.1 Å². The summed E-state index contributed by atoms with van der Waals surface area (Å²) in [5.74, 6) is -1.01. The van der Waals surface area contributed by atoms with Crippen molar-refractivity contribution in [2.45, 2.75) is 55.8 Å². The highest BCUT2D eigenvalue weighted by Gasteiger charge is 2.42. The van der Waals surface area contributed by atoms with Gasteiger partial charge in [-0.15, -0.1) is 0 Å². The number of esters is 1. The van der Waals surface area contributed by atoms with Crippen molar-refractivity contribution in [2.75, 3.05) is 27.2 Å². The number of carbonyl (C=O) groups excluding carboxylic acids is 2. The van der Waals surface area contributed by atoms with Gasteiger partial charge in [-0.1, -0.05) is 35.3 Å². The molecule has 3 aromatic rings. The van der Waals surface area contributed by atoms with Crippen molar-refractivity contribution in [3.05, 3.63) is 81.6 Å². The molecule has 252 valence electrons. The van der Waals surface area contributed by atoms with Crippen molar-refractivity contribution in [2.24, 2.45) is 5.92 Å². The number of aromatic amines is 1. The Morgan fingerprint density at radius 2 is 1.77 bits per heavy atom. The van der Waals surface area contributed by atoms with Crippen LogP contribution in [-0.4, -0.2) is 69.4 Å². The summed E-state index contributed by atoms with van der Waals surface area (Å²) in [5, 5.41) is 0.525. The molecule has 0 spiro atoms. The molecule has 1 aromatic heterocycles. The van der Waals surface area contributed by atoms with E-state index < -0.39 is 34.7 Å². The molecule has 1 saturated heterocycles. The molecule has 0 bridgehead atoms. The number of benzene rings is 2. The highest BCUT2D eigenvalue weighted by Crippen LogP contribution is 2.38. The molecule has 47 heavy (non-hydrogen) atoms. The maximum absolute atomic E-state index is 13.8. The number of sulfonamides is 1. The van der Waals surface area contributed by atoms with E-state index >= 15 is 0 Å². The average Bonchev–Trinajstić information content (AvgIpc) is 3.72. The van der Waals surface area contributed by atoms with E-state index in [4.69, 9.17) is 32.7 Å². The summed E-state index contributed by atoms with van der Waals surface area (Å²) in [6.45, 7) is -2.73. The second-order valence-corrected chi connectivity index (χ2v) is 14.3. The van der Waals surface area contributed by atoms with E-state index in [1.807, 2.05) is 0 Å². The highest BCUT2D eigenvalue weighted by atomic mass is 35.5. The highest BCUT2D eigenvalue weighted by molar-refractivity contribution is 7.89. The quantitative estimate of drug-likeness (QED) is 0.213. The van der Waals surface area contributed by atoms with Crippen molar-refractivity contribution in [3.8, 4) is 11.5 Å². The van der Waals surface area contributed by atoms with E-state index in [1.165, 1.54) is 59.8 Å². The summed E-state index contributed by atoms with van der Waals surface area (Å²) in [6, 6.07) is 8.70. The smallest absolute Gasteiger partial charge is 0.387 e. The maximum Gasteiger partial charge on any atom is 0.387 e. The van der Waals surface area contributed by atoms with Gasteiger partial charge in [-0.25, -0.2) is 13.4 Å². The van der Waals surface area contributed by atoms with Crippen LogP contribution in [0.2, 0.25) is 10.0 Å². The summed E-state index contributed by atoms with van der Waals surface area (Å²) >= 11 is 12.9. The molecular formula is C32H34Cl2F2N3O7S+. The first-order chi connectivity index (χ1) is 22.3. The standard InChI is InChI=1S/C32H33Cl2F2N3O7S/c1-38(2)30(40)21-5-3-6-22(13-21)47(42,43)39-12-4-7-26(39)31(41)45-28(15-23-24(33)16-37-17-25(23)34)20-10-11-27(46-32(35)36)29(14-20)44-18-19-8-9-19/h3,5-6,10-11,13-14,16-17,19,26,28,32H,4,7-9,12,15,18H2,1-2H3/p+1/t26-,28+/m1/s1. The number of H-pyrrole nitrogens is 1. The molecule has 1 N–H and O–H groups in total. The molecule has 10 nitrogen and oxygen atoms in total. The van der Waals surface area contributed by atoms with Crippen molar-refractivity contribution in [1.82, 2.24) is 9.21 Å². The number of aromatic nitrogens is 1. The predicted octanol–water partition coefficient (Wildman–Crippen LogP) is 5.58. The number of ether oxygens (including phenoxy) is 3. The lowest BCUT2D eigenvalue weighted by atomic mass is 10.0. The fourth-order valence-corrected chi connectivity index (χ4v) is 7.50. The summed E-state index contributed by atoms with van der Waals surface area (Å²) in [7, 11) is -1.10. The van der Waals surface area contributed by atoms with Crippen LogP contribution < -0.4 is 14.5 Å². The molecule has 0 radical (unpaired) electrons. The number of carbonyl (C=O) groups is 2. The van der Waals surface area contributed by atoms with E-state index in [2.05, 4.69) is 9.72 Å². The predicted molar refractivity (Wildman–Crippen MR) is 168 cm³/mol. The number of amides is 1. The molecule has 1 aliphatic heterocycles. The third-order valence-electron chi connectivity index (χ3n) is 7.94. The molecule has 1 saturated carbocycles. The van der Waals surface area contributed by atoms with E-state index in [0.717, 1.165) is 17.1 Å². The van der Waals surface area contributed by atoms with E-state index in [0.29, 0.717) is 30.1 Å². The average molecular weight is 714 g/mol. The van der Waals surface area contributed by atoms with Crippen LogP contribution in [-0.2, 0) is 26.0 Å². The molecule has 2 heterocycles. The van der Waals surface area contributed by atoms with E-state index in [9.17, 15) is 26.8 Å². The molecule has 15 heteroatoms. The van der Waals surface area contributed by atoms with Crippen molar-refractivity contribution in [3.63, 3.8) is 0 Å². The van der Waals surface area contributed by atoms with Crippen LogP contribution in [0.4, 0.5) is 8.78 Å². The third-order valence-corrected chi connectivity index (χ3v) is 10.5. The lowest BCUT2D eigenvalue weighted by molar-refractivity contribution is -0.377. The number of pyridine rings is 1. The fraction of sp³-hybridized carbons (Fsp3) is 0.406. The van der Waals surface area contributed by atoms with Gasteiger partial charge in [0.15, 0.2) is 23.9 Å². The van der Waals surface area contributed by atoms with Gasteiger partial charge in [0.05, 0.1) is 11.5 Å². The molecule has 2 aliphatic rings. The van der Waals surface area contributed by atoms with Gasteiger partial charge in [-0.2, -0.15) is 13.1 Å². The SMILES string of the molecule is CN(C)C(=O)c1cccc(S(=O)(=O)N2CCC[C@@H]2C(=O)O[C@@H](Cc2c(Cl)c[nH+]cc2Cl)c2ccc(OC(F)F)c(OCC3CC3)c2)c1. The first kappa shape index (κ1) is 34.8. The van der Waals surface area contributed by atoms with Crippen molar-refractivity contribution in [1.29, 1.82) is 0 Å². The molecule has 2 aromatic carbocycles. The molecule has 0 unspecified atom stereocenters. The number of alkyl halides is 2. The van der Waals surface area contributed by atoms with Crippen LogP contribution >= 0.6 is 23.2 Å². The Morgan fingerprint density at radius 1 is 1.04 bits per heavy atom. The van der Waals surface area contributed by atoms with Gasteiger partial charge in [-0.05, 0) is 67.5 Å². The zero-order chi connectivity index (χ0) is 33.9. The van der Waals surface area contributed by atoms with Gasteiger partial charge in [0.1, 0.15) is 22.2 Å². The second kappa shape index (κ2) is 14.7. The summed E-state index contributed by atoms with van der Waals surface area (Å²) in [5.41, 5.74) is 0.992.